The highest BCUT2D eigenvalue weighted by Crippen LogP contribution is 2.15. The molecule has 1 atom stereocenters. The summed E-state index contributed by atoms with van der Waals surface area (Å²) < 4.78 is 0. The first-order valence-electron chi connectivity index (χ1n) is 6.62. The molecular formula is C15H27NO2. The number of rotatable bonds is 5. The number of hydrogen-bond donors (Lipinski definition) is 3. The Morgan fingerprint density at radius 2 is 1.72 bits per heavy atom. The van der Waals surface area contributed by atoms with E-state index in [1.807, 2.05) is 0 Å². The van der Waals surface area contributed by atoms with Crippen molar-refractivity contribution in [1.29, 1.82) is 0 Å². The third kappa shape index (κ3) is 8.09. The molecule has 0 radical (unpaired) electrons. The highest BCUT2D eigenvalue weighted by molar-refractivity contribution is 5.27. The van der Waals surface area contributed by atoms with Crippen molar-refractivity contribution in [2.45, 2.75) is 39.7 Å². The van der Waals surface area contributed by atoms with Gasteiger partial charge in [-0.25, -0.2) is 0 Å². The van der Waals surface area contributed by atoms with Crippen molar-refractivity contribution in [1.82, 2.24) is 5.32 Å². The van der Waals surface area contributed by atoms with Crippen molar-refractivity contribution in [2.24, 2.45) is 5.92 Å². The maximum atomic E-state index is 9.47. The number of phenolic OH excluding ortho intramolecular Hbond substituents is 1. The lowest BCUT2D eigenvalue weighted by Gasteiger charge is -2.09. The van der Waals surface area contributed by atoms with E-state index in [1.54, 1.807) is 31.3 Å². The highest BCUT2D eigenvalue weighted by atomic mass is 16.3. The molecule has 0 bridgehead atoms. The summed E-state index contributed by atoms with van der Waals surface area (Å²) in [5, 5.41) is 21.3. The topological polar surface area (TPSA) is 52.5 Å². The molecule has 0 spiro atoms. The van der Waals surface area contributed by atoms with Crippen LogP contribution in [0.4, 0.5) is 0 Å². The zero-order valence-electron chi connectivity index (χ0n) is 12.0. The maximum absolute atomic E-state index is 9.47. The van der Waals surface area contributed by atoms with Crippen LogP contribution in [0.15, 0.2) is 24.3 Å². The third-order valence-electron chi connectivity index (χ3n) is 2.54. The van der Waals surface area contributed by atoms with Gasteiger partial charge in [-0.1, -0.05) is 45.7 Å². The molecule has 0 aromatic heterocycles. The van der Waals surface area contributed by atoms with Gasteiger partial charge in [-0.3, -0.25) is 0 Å². The molecule has 1 unspecified atom stereocenters. The van der Waals surface area contributed by atoms with Gasteiger partial charge in [-0.05, 0) is 30.7 Å². The second kappa shape index (κ2) is 9.92. The Bertz CT molecular complexity index is 296. The molecule has 3 N–H and O–H groups in total. The van der Waals surface area contributed by atoms with Crippen LogP contribution in [0.3, 0.4) is 0 Å². The summed E-state index contributed by atoms with van der Waals surface area (Å²) in [6, 6.07) is 6.54. The van der Waals surface area contributed by atoms with Crippen molar-refractivity contribution in [2.75, 3.05) is 13.6 Å². The Morgan fingerprint density at radius 1 is 1.17 bits per heavy atom. The van der Waals surface area contributed by atoms with Crippen molar-refractivity contribution in [3.63, 3.8) is 0 Å². The van der Waals surface area contributed by atoms with E-state index in [-0.39, 0.29) is 5.75 Å². The number of aliphatic hydroxyl groups is 1. The third-order valence-corrected chi connectivity index (χ3v) is 2.54. The molecule has 3 heteroatoms. The Hall–Kier alpha value is -1.06. The molecule has 18 heavy (non-hydrogen) atoms. The molecule has 3 nitrogen and oxygen atoms in total. The summed E-state index contributed by atoms with van der Waals surface area (Å²) in [5.41, 5.74) is 0.808. The van der Waals surface area contributed by atoms with E-state index < -0.39 is 6.10 Å². The number of phenols is 1. The van der Waals surface area contributed by atoms with Crippen LogP contribution in [0.25, 0.3) is 0 Å². The molecule has 1 rings (SSSR count). The SMILES string of the molecule is CCCC(C)C.CNCC(O)c1ccc(O)cc1. The fourth-order valence-corrected chi connectivity index (χ4v) is 1.59. The van der Waals surface area contributed by atoms with E-state index in [4.69, 9.17) is 5.11 Å². The van der Waals surface area contributed by atoms with E-state index in [0.29, 0.717) is 6.54 Å². The van der Waals surface area contributed by atoms with Crippen molar-refractivity contribution in [3.05, 3.63) is 29.8 Å². The zero-order valence-corrected chi connectivity index (χ0v) is 12.0. The van der Waals surface area contributed by atoms with Crippen LogP contribution in [-0.2, 0) is 0 Å². The van der Waals surface area contributed by atoms with Gasteiger partial charge in [0.2, 0.25) is 0 Å². The van der Waals surface area contributed by atoms with Crippen LogP contribution < -0.4 is 5.32 Å². The van der Waals surface area contributed by atoms with E-state index in [2.05, 4.69) is 26.1 Å². The molecule has 0 aliphatic heterocycles. The molecule has 104 valence electrons. The van der Waals surface area contributed by atoms with Crippen LogP contribution >= 0.6 is 0 Å². The molecule has 0 heterocycles. The molecule has 0 saturated carbocycles. The first-order valence-corrected chi connectivity index (χ1v) is 6.62. The molecule has 0 aliphatic rings. The van der Waals surface area contributed by atoms with Gasteiger partial charge in [0.1, 0.15) is 5.75 Å². The molecule has 0 saturated heterocycles. The predicted molar refractivity (Wildman–Crippen MR) is 76.7 cm³/mol. The van der Waals surface area contributed by atoms with Crippen LogP contribution in [0, 0.1) is 5.92 Å². The quantitative estimate of drug-likeness (QED) is 0.756. The molecule has 1 aromatic carbocycles. The number of nitrogens with one attached hydrogen (secondary N) is 1. The molecule has 0 amide bonds. The highest BCUT2D eigenvalue weighted by Gasteiger charge is 2.04. The molecular weight excluding hydrogens is 226 g/mol. The maximum Gasteiger partial charge on any atom is 0.115 e. The van der Waals surface area contributed by atoms with Crippen molar-refractivity contribution in [3.8, 4) is 5.75 Å². The van der Waals surface area contributed by atoms with Gasteiger partial charge in [-0.2, -0.15) is 0 Å². The second-order valence-corrected chi connectivity index (χ2v) is 4.85. The standard InChI is InChI=1S/C9H13NO2.C6H14/c1-10-6-9(12)7-2-4-8(11)5-3-7;1-4-5-6(2)3/h2-5,9-12H,6H2,1H3;6H,4-5H2,1-3H3. The van der Waals surface area contributed by atoms with Gasteiger partial charge in [0, 0.05) is 6.54 Å². The second-order valence-electron chi connectivity index (χ2n) is 4.85. The van der Waals surface area contributed by atoms with Crippen molar-refractivity contribution < 1.29 is 10.2 Å². The van der Waals surface area contributed by atoms with Gasteiger partial charge in [-0.15, -0.1) is 0 Å². The minimum atomic E-state index is -0.504. The lowest BCUT2D eigenvalue weighted by atomic mass is 10.1. The number of hydrogen-bond acceptors (Lipinski definition) is 3. The zero-order chi connectivity index (χ0) is 14.0. The fourth-order valence-electron chi connectivity index (χ4n) is 1.59. The lowest BCUT2D eigenvalue weighted by molar-refractivity contribution is 0.177. The van der Waals surface area contributed by atoms with Crippen LogP contribution in [-0.4, -0.2) is 23.8 Å². The first kappa shape index (κ1) is 16.9. The van der Waals surface area contributed by atoms with Gasteiger partial charge in [0.25, 0.3) is 0 Å². The average Bonchev–Trinajstić information content (AvgIpc) is 2.30. The minimum absolute atomic E-state index is 0.218. The predicted octanol–water partition coefficient (Wildman–Crippen LogP) is 3.09. The number of likely N-dealkylation sites (N-methyl/N-ethyl adjacent to an activating group) is 1. The fraction of sp³-hybridized carbons (Fsp3) is 0.600. The summed E-state index contributed by atoms with van der Waals surface area (Å²) in [5.74, 6) is 1.12. The van der Waals surface area contributed by atoms with Crippen LogP contribution in [0.1, 0.15) is 45.3 Å². The molecule has 0 aliphatic carbocycles. The average molecular weight is 253 g/mol. The van der Waals surface area contributed by atoms with Gasteiger partial charge in [0.15, 0.2) is 0 Å². The smallest absolute Gasteiger partial charge is 0.115 e. The Labute approximate surface area is 111 Å². The number of aromatic hydroxyl groups is 1. The van der Waals surface area contributed by atoms with E-state index in [1.165, 1.54) is 12.8 Å². The summed E-state index contributed by atoms with van der Waals surface area (Å²) in [7, 11) is 1.78. The first-order chi connectivity index (χ1) is 8.51. The number of aliphatic hydroxyl groups excluding tert-OH is 1. The summed E-state index contributed by atoms with van der Waals surface area (Å²) in [4.78, 5) is 0. The Morgan fingerprint density at radius 3 is 2.06 bits per heavy atom. The number of benzene rings is 1. The Balaban J connectivity index is 0.000000411. The van der Waals surface area contributed by atoms with Crippen molar-refractivity contribution >= 4 is 0 Å². The summed E-state index contributed by atoms with van der Waals surface area (Å²) >= 11 is 0. The van der Waals surface area contributed by atoms with Gasteiger partial charge >= 0.3 is 0 Å². The van der Waals surface area contributed by atoms with Gasteiger partial charge < -0.3 is 15.5 Å². The van der Waals surface area contributed by atoms with E-state index in [9.17, 15) is 5.11 Å². The largest absolute Gasteiger partial charge is 0.508 e. The van der Waals surface area contributed by atoms with E-state index in [0.717, 1.165) is 11.5 Å². The Kier molecular flexibility index (Phi) is 9.33. The van der Waals surface area contributed by atoms with Crippen LogP contribution in [0.5, 0.6) is 5.75 Å². The minimum Gasteiger partial charge on any atom is -0.508 e. The normalized spacial score (nSPS) is 11.9. The van der Waals surface area contributed by atoms with Crippen LogP contribution in [0.2, 0.25) is 0 Å². The molecule has 1 aromatic rings. The monoisotopic (exact) mass is 253 g/mol. The van der Waals surface area contributed by atoms with Gasteiger partial charge in [0.05, 0.1) is 6.10 Å². The summed E-state index contributed by atoms with van der Waals surface area (Å²) in [6.07, 6.45) is 2.20. The van der Waals surface area contributed by atoms with E-state index >= 15 is 0 Å². The molecule has 0 fully saturated rings. The summed E-state index contributed by atoms with van der Waals surface area (Å²) in [6.45, 7) is 7.25. The lowest BCUT2D eigenvalue weighted by Crippen LogP contribution is -2.16.